The maximum Gasteiger partial charge on any atom is 0.335 e. The lowest BCUT2D eigenvalue weighted by atomic mass is 9.88. The normalized spacial score (nSPS) is 21.4. The van der Waals surface area contributed by atoms with Gasteiger partial charge < -0.3 is 9.64 Å². The van der Waals surface area contributed by atoms with Gasteiger partial charge in [0.1, 0.15) is 0 Å². The molecule has 0 heterocycles. The van der Waals surface area contributed by atoms with Gasteiger partial charge in [0.05, 0.1) is 24.7 Å². The van der Waals surface area contributed by atoms with Crippen molar-refractivity contribution >= 4 is 12.3 Å². The van der Waals surface area contributed by atoms with Crippen LogP contribution in [0.25, 0.3) is 0 Å². The molecule has 16 heavy (non-hydrogen) atoms. The summed E-state index contributed by atoms with van der Waals surface area (Å²) in [6.45, 7) is 2.18. The summed E-state index contributed by atoms with van der Waals surface area (Å²) in [5.74, 6) is 0.348. The largest absolute Gasteiger partial charge is 0.466 e. The number of hydrogen-bond acceptors (Lipinski definition) is 3. The number of esters is 1. The first kappa shape index (κ1) is 12.7. The summed E-state index contributed by atoms with van der Waals surface area (Å²) in [4.78, 5) is 17.8. The lowest BCUT2D eigenvalue weighted by Gasteiger charge is -2.21. The van der Waals surface area contributed by atoms with Gasteiger partial charge in [-0.1, -0.05) is 6.92 Å². The van der Waals surface area contributed by atoms with Gasteiger partial charge in [-0.15, -0.1) is 0 Å². The van der Waals surface area contributed by atoms with Crippen LogP contribution in [0.4, 0.5) is 0 Å². The van der Waals surface area contributed by atoms with E-state index in [-0.39, 0.29) is 5.97 Å². The zero-order valence-corrected chi connectivity index (χ0v) is 10.5. The molecule has 0 aromatic heterocycles. The molecule has 0 spiro atoms. The summed E-state index contributed by atoms with van der Waals surface area (Å²) in [7, 11) is 5.24. The van der Waals surface area contributed by atoms with E-state index in [1.165, 1.54) is 7.11 Å². The van der Waals surface area contributed by atoms with E-state index in [0.717, 1.165) is 30.5 Å². The zero-order chi connectivity index (χ0) is 12.1. The van der Waals surface area contributed by atoms with Crippen molar-refractivity contribution in [3.8, 4) is 0 Å². The molecule has 0 fully saturated rings. The summed E-state index contributed by atoms with van der Waals surface area (Å²) < 4.78 is 4.78. The highest BCUT2D eigenvalue weighted by atomic mass is 16.5. The lowest BCUT2D eigenvalue weighted by Crippen LogP contribution is -2.16. The zero-order valence-electron chi connectivity index (χ0n) is 10.5. The van der Waals surface area contributed by atoms with E-state index < -0.39 is 0 Å². The second-order valence-electron chi connectivity index (χ2n) is 4.47. The standard InChI is InChI=1S/C12H20N2O2/c1-9-5-6-10(12(15)16-4)11(7-9)13-8-14(2)3/h8-9H,5-7H2,1-4H3/t9-/m0/s1. The number of hydrogen-bond donors (Lipinski definition) is 0. The number of allylic oxidation sites excluding steroid dienone is 1. The minimum Gasteiger partial charge on any atom is -0.466 e. The van der Waals surface area contributed by atoms with Crippen molar-refractivity contribution in [1.82, 2.24) is 4.90 Å². The first-order valence-corrected chi connectivity index (χ1v) is 5.55. The summed E-state index contributed by atoms with van der Waals surface area (Å²) >= 11 is 0. The lowest BCUT2D eigenvalue weighted by molar-refractivity contribution is -0.136. The van der Waals surface area contributed by atoms with Crippen LogP contribution in [0.2, 0.25) is 0 Å². The molecule has 0 bridgehead atoms. The molecule has 0 N–H and O–H groups in total. The minimum absolute atomic E-state index is 0.238. The third kappa shape index (κ3) is 3.36. The van der Waals surface area contributed by atoms with Crippen LogP contribution in [0.5, 0.6) is 0 Å². The Labute approximate surface area is 97.0 Å². The van der Waals surface area contributed by atoms with Crippen molar-refractivity contribution < 1.29 is 9.53 Å². The van der Waals surface area contributed by atoms with Crippen molar-refractivity contribution in [3.05, 3.63) is 11.3 Å². The molecule has 1 rings (SSSR count). The first-order chi connectivity index (χ1) is 7.54. The summed E-state index contributed by atoms with van der Waals surface area (Å²) in [5.41, 5.74) is 1.61. The Bertz CT molecular complexity index is 319. The van der Waals surface area contributed by atoms with Crippen molar-refractivity contribution in [2.24, 2.45) is 10.9 Å². The van der Waals surface area contributed by atoms with Gasteiger partial charge in [0, 0.05) is 14.1 Å². The van der Waals surface area contributed by atoms with Crippen molar-refractivity contribution in [2.75, 3.05) is 21.2 Å². The van der Waals surface area contributed by atoms with Crippen LogP contribution in [0, 0.1) is 5.92 Å². The van der Waals surface area contributed by atoms with Gasteiger partial charge in [-0.3, -0.25) is 0 Å². The maximum atomic E-state index is 11.6. The number of methoxy groups -OCH3 is 1. The molecule has 0 unspecified atom stereocenters. The smallest absolute Gasteiger partial charge is 0.335 e. The molecule has 4 heteroatoms. The maximum absolute atomic E-state index is 11.6. The van der Waals surface area contributed by atoms with Gasteiger partial charge in [-0.2, -0.15) is 0 Å². The fraction of sp³-hybridized carbons (Fsp3) is 0.667. The van der Waals surface area contributed by atoms with E-state index in [2.05, 4.69) is 11.9 Å². The summed E-state index contributed by atoms with van der Waals surface area (Å²) in [5, 5.41) is 0. The second-order valence-corrected chi connectivity index (χ2v) is 4.47. The van der Waals surface area contributed by atoms with E-state index in [1.54, 1.807) is 6.34 Å². The number of aliphatic imine (C=N–C) groups is 1. The Morgan fingerprint density at radius 2 is 2.25 bits per heavy atom. The molecule has 0 amide bonds. The molecule has 0 saturated carbocycles. The highest BCUT2D eigenvalue weighted by Crippen LogP contribution is 2.30. The highest BCUT2D eigenvalue weighted by Gasteiger charge is 2.22. The molecule has 0 aromatic carbocycles. The summed E-state index contributed by atoms with van der Waals surface area (Å²) in [6, 6.07) is 0. The Hall–Kier alpha value is -1.32. The number of carbonyl (C=O) groups excluding carboxylic acids is 1. The molecular formula is C12H20N2O2. The van der Waals surface area contributed by atoms with E-state index in [4.69, 9.17) is 4.74 Å². The van der Waals surface area contributed by atoms with Crippen LogP contribution in [0.15, 0.2) is 16.3 Å². The van der Waals surface area contributed by atoms with Crippen molar-refractivity contribution in [1.29, 1.82) is 0 Å². The molecule has 1 aliphatic rings. The van der Waals surface area contributed by atoms with E-state index in [9.17, 15) is 4.79 Å². The van der Waals surface area contributed by atoms with E-state index in [1.807, 2.05) is 19.0 Å². The first-order valence-electron chi connectivity index (χ1n) is 5.55. The van der Waals surface area contributed by atoms with Crippen LogP contribution in [-0.2, 0) is 9.53 Å². The second kappa shape index (κ2) is 5.68. The van der Waals surface area contributed by atoms with Crippen molar-refractivity contribution in [2.45, 2.75) is 26.2 Å². The average molecular weight is 224 g/mol. The van der Waals surface area contributed by atoms with Gasteiger partial charge in [0.25, 0.3) is 0 Å². The van der Waals surface area contributed by atoms with Crippen LogP contribution in [0.1, 0.15) is 26.2 Å². The van der Waals surface area contributed by atoms with E-state index >= 15 is 0 Å². The third-order valence-corrected chi connectivity index (χ3v) is 2.65. The van der Waals surface area contributed by atoms with Crippen molar-refractivity contribution in [3.63, 3.8) is 0 Å². The number of ether oxygens (including phenoxy) is 1. The van der Waals surface area contributed by atoms with Crippen LogP contribution < -0.4 is 0 Å². The Kier molecular flexibility index (Phi) is 4.52. The molecule has 4 nitrogen and oxygen atoms in total. The summed E-state index contributed by atoms with van der Waals surface area (Å²) in [6.07, 6.45) is 4.39. The topological polar surface area (TPSA) is 41.9 Å². The molecule has 90 valence electrons. The molecule has 0 saturated heterocycles. The number of carbonyl (C=O) groups is 1. The number of nitrogens with zero attached hydrogens (tertiary/aromatic N) is 2. The Morgan fingerprint density at radius 1 is 1.56 bits per heavy atom. The predicted octanol–water partition coefficient (Wildman–Crippen LogP) is 1.82. The van der Waals surface area contributed by atoms with Crippen LogP contribution in [-0.4, -0.2) is 38.4 Å². The third-order valence-electron chi connectivity index (χ3n) is 2.65. The Balaban J connectivity index is 2.92. The van der Waals surface area contributed by atoms with Crippen LogP contribution in [0.3, 0.4) is 0 Å². The molecule has 0 radical (unpaired) electrons. The number of rotatable bonds is 3. The fourth-order valence-corrected chi connectivity index (χ4v) is 1.75. The fourth-order valence-electron chi connectivity index (χ4n) is 1.75. The minimum atomic E-state index is -0.238. The monoisotopic (exact) mass is 224 g/mol. The van der Waals surface area contributed by atoms with Gasteiger partial charge >= 0.3 is 5.97 Å². The highest BCUT2D eigenvalue weighted by molar-refractivity contribution is 5.89. The average Bonchev–Trinajstić information content (AvgIpc) is 2.25. The van der Waals surface area contributed by atoms with Gasteiger partial charge in [-0.05, 0) is 25.2 Å². The van der Waals surface area contributed by atoms with Gasteiger partial charge in [0.2, 0.25) is 0 Å². The molecule has 0 aliphatic heterocycles. The molecule has 1 aliphatic carbocycles. The van der Waals surface area contributed by atoms with E-state index in [0.29, 0.717) is 5.92 Å². The molecule has 0 aromatic rings. The quantitative estimate of drug-likeness (QED) is 0.417. The molecular weight excluding hydrogens is 204 g/mol. The van der Waals surface area contributed by atoms with Gasteiger partial charge in [0.15, 0.2) is 0 Å². The predicted molar refractivity (Wildman–Crippen MR) is 64.2 cm³/mol. The van der Waals surface area contributed by atoms with Crippen LogP contribution >= 0.6 is 0 Å². The van der Waals surface area contributed by atoms with Gasteiger partial charge in [-0.25, -0.2) is 9.79 Å². The Morgan fingerprint density at radius 3 is 2.81 bits per heavy atom. The molecule has 1 atom stereocenters. The SMILES string of the molecule is COC(=O)C1=C(N=CN(C)C)C[C@@H](C)CC1.